The van der Waals surface area contributed by atoms with Crippen molar-refractivity contribution in [3.05, 3.63) is 33.5 Å². The van der Waals surface area contributed by atoms with E-state index in [1.54, 1.807) is 11.0 Å². The van der Waals surface area contributed by atoms with E-state index in [0.717, 1.165) is 43.9 Å². The fourth-order valence-corrected chi connectivity index (χ4v) is 3.55. The minimum absolute atomic E-state index is 0.440. The first-order valence-corrected chi connectivity index (χ1v) is 7.35. The average Bonchev–Trinajstić information content (AvgIpc) is 2.93. The Morgan fingerprint density at radius 3 is 3.10 bits per heavy atom. The van der Waals surface area contributed by atoms with Crippen molar-refractivity contribution >= 4 is 17.3 Å². The van der Waals surface area contributed by atoms with Crippen molar-refractivity contribution in [1.82, 2.24) is 19.7 Å². The Morgan fingerprint density at radius 1 is 1.55 bits per heavy atom. The van der Waals surface area contributed by atoms with Crippen LogP contribution in [-0.4, -0.2) is 37.3 Å². The predicted octanol–water partition coefficient (Wildman–Crippen LogP) is 1.52. The summed E-state index contributed by atoms with van der Waals surface area (Å²) >= 11 is 1.41. The van der Waals surface area contributed by atoms with Gasteiger partial charge < -0.3 is 5.11 Å². The van der Waals surface area contributed by atoms with Crippen molar-refractivity contribution < 1.29 is 9.90 Å². The van der Waals surface area contributed by atoms with E-state index in [1.807, 2.05) is 13.1 Å². The molecule has 0 fully saturated rings. The first kappa shape index (κ1) is 13.3. The third kappa shape index (κ3) is 2.59. The molecule has 0 amide bonds. The van der Waals surface area contributed by atoms with Gasteiger partial charge >= 0.3 is 5.97 Å². The van der Waals surface area contributed by atoms with Crippen LogP contribution >= 0.6 is 11.3 Å². The van der Waals surface area contributed by atoms with Crippen molar-refractivity contribution in [2.45, 2.75) is 25.9 Å². The molecule has 7 heteroatoms. The molecular weight excluding hydrogens is 276 g/mol. The highest BCUT2D eigenvalue weighted by Crippen LogP contribution is 2.28. The van der Waals surface area contributed by atoms with Crippen LogP contribution in [0.2, 0.25) is 0 Å². The van der Waals surface area contributed by atoms with Crippen molar-refractivity contribution in [3.63, 3.8) is 0 Å². The van der Waals surface area contributed by atoms with E-state index >= 15 is 0 Å². The molecule has 1 N–H and O–H groups in total. The Morgan fingerprint density at radius 2 is 2.40 bits per heavy atom. The zero-order valence-electron chi connectivity index (χ0n) is 11.2. The van der Waals surface area contributed by atoms with E-state index in [1.165, 1.54) is 16.2 Å². The minimum Gasteiger partial charge on any atom is -0.477 e. The maximum atomic E-state index is 11.1. The number of aromatic nitrogens is 3. The number of carboxylic acids is 1. The smallest absolute Gasteiger partial charge is 0.345 e. The molecule has 3 heterocycles. The molecule has 3 rings (SSSR count). The van der Waals surface area contributed by atoms with Crippen LogP contribution in [0.1, 0.15) is 32.4 Å². The summed E-state index contributed by atoms with van der Waals surface area (Å²) < 4.78 is 1.78. The number of carbonyl (C=O) groups is 1. The van der Waals surface area contributed by atoms with Gasteiger partial charge in [0.1, 0.15) is 17.0 Å². The highest BCUT2D eigenvalue weighted by molar-refractivity contribution is 7.14. The monoisotopic (exact) mass is 292 g/mol. The van der Waals surface area contributed by atoms with Crippen molar-refractivity contribution in [2.75, 3.05) is 6.54 Å². The molecule has 2 aromatic rings. The van der Waals surface area contributed by atoms with E-state index in [2.05, 4.69) is 15.0 Å². The molecule has 0 saturated heterocycles. The normalized spacial score (nSPS) is 15.8. The van der Waals surface area contributed by atoms with E-state index in [0.29, 0.717) is 4.88 Å². The Labute approximate surface area is 120 Å². The number of aromatic carboxylic acids is 1. The summed E-state index contributed by atoms with van der Waals surface area (Å²) in [4.78, 5) is 19.3. The maximum absolute atomic E-state index is 11.1. The number of aryl methyl sites for hydroxylation is 2. The molecule has 0 spiro atoms. The molecule has 0 aromatic carbocycles. The number of nitrogens with zero attached hydrogens (tertiary/aromatic N) is 4. The average molecular weight is 292 g/mol. The van der Waals surface area contributed by atoms with E-state index in [-0.39, 0.29) is 0 Å². The number of hydrogen-bond acceptors (Lipinski definition) is 5. The van der Waals surface area contributed by atoms with Gasteiger partial charge in [0.2, 0.25) is 0 Å². The minimum atomic E-state index is -0.831. The van der Waals surface area contributed by atoms with Crippen LogP contribution in [0.3, 0.4) is 0 Å². The largest absolute Gasteiger partial charge is 0.477 e. The van der Waals surface area contributed by atoms with Crippen LogP contribution in [0, 0.1) is 0 Å². The fourth-order valence-electron chi connectivity index (χ4n) is 2.50. The van der Waals surface area contributed by atoms with Crippen LogP contribution < -0.4 is 0 Å². The first-order valence-electron chi connectivity index (χ1n) is 6.53. The molecule has 6 nitrogen and oxygen atoms in total. The number of fused-ring (bicyclic) bond motifs is 1. The van der Waals surface area contributed by atoms with Gasteiger partial charge in [0, 0.05) is 18.5 Å². The summed E-state index contributed by atoms with van der Waals surface area (Å²) in [5.41, 5.74) is 1.15. The second kappa shape index (κ2) is 5.34. The van der Waals surface area contributed by atoms with Gasteiger partial charge in [-0.1, -0.05) is 0 Å². The molecule has 0 radical (unpaired) electrons. The molecule has 0 aliphatic carbocycles. The van der Waals surface area contributed by atoms with Gasteiger partial charge in [0.15, 0.2) is 0 Å². The lowest BCUT2D eigenvalue weighted by Gasteiger charge is -2.19. The van der Waals surface area contributed by atoms with Crippen LogP contribution in [0.5, 0.6) is 0 Å². The van der Waals surface area contributed by atoms with Crippen molar-refractivity contribution in [1.29, 1.82) is 0 Å². The SMILES string of the molecule is Cn1ncnc1CN1CCCc2sc(C(=O)O)cc2C1. The number of thiophene rings is 1. The summed E-state index contributed by atoms with van der Waals surface area (Å²) in [6.45, 7) is 2.52. The van der Waals surface area contributed by atoms with Gasteiger partial charge in [-0.05, 0) is 31.0 Å². The number of hydrogen-bond donors (Lipinski definition) is 1. The lowest BCUT2D eigenvalue weighted by molar-refractivity contribution is 0.0702. The van der Waals surface area contributed by atoms with Gasteiger partial charge in [-0.2, -0.15) is 5.10 Å². The Bertz CT molecular complexity index is 634. The molecular formula is C13H16N4O2S. The Kier molecular flexibility index (Phi) is 3.54. The second-order valence-corrected chi connectivity index (χ2v) is 6.12. The van der Waals surface area contributed by atoms with E-state index in [4.69, 9.17) is 5.11 Å². The van der Waals surface area contributed by atoms with E-state index in [9.17, 15) is 4.79 Å². The van der Waals surface area contributed by atoms with Gasteiger partial charge in [-0.25, -0.2) is 9.78 Å². The predicted molar refractivity (Wildman–Crippen MR) is 74.7 cm³/mol. The molecule has 0 saturated carbocycles. The van der Waals surface area contributed by atoms with Gasteiger partial charge in [-0.3, -0.25) is 9.58 Å². The summed E-state index contributed by atoms with van der Waals surface area (Å²) in [6.07, 6.45) is 3.57. The zero-order valence-corrected chi connectivity index (χ0v) is 12.1. The molecule has 2 aromatic heterocycles. The van der Waals surface area contributed by atoms with Crippen LogP contribution in [0.25, 0.3) is 0 Å². The molecule has 1 aliphatic heterocycles. The fraction of sp³-hybridized carbons (Fsp3) is 0.462. The van der Waals surface area contributed by atoms with E-state index < -0.39 is 5.97 Å². The summed E-state index contributed by atoms with van der Waals surface area (Å²) in [5, 5.41) is 13.2. The lowest BCUT2D eigenvalue weighted by atomic mass is 10.2. The highest BCUT2D eigenvalue weighted by atomic mass is 32.1. The summed E-state index contributed by atoms with van der Waals surface area (Å²) in [5.74, 6) is 0.102. The molecule has 1 aliphatic rings. The zero-order chi connectivity index (χ0) is 14.1. The van der Waals surface area contributed by atoms with Gasteiger partial charge in [-0.15, -0.1) is 11.3 Å². The van der Waals surface area contributed by atoms with Crippen molar-refractivity contribution in [2.24, 2.45) is 7.05 Å². The second-order valence-electron chi connectivity index (χ2n) is 4.98. The van der Waals surface area contributed by atoms with Crippen LogP contribution in [-0.2, 0) is 26.6 Å². The number of rotatable bonds is 3. The molecule has 20 heavy (non-hydrogen) atoms. The quantitative estimate of drug-likeness (QED) is 0.928. The molecule has 0 atom stereocenters. The Hall–Kier alpha value is -1.73. The Balaban J connectivity index is 1.78. The summed E-state index contributed by atoms with van der Waals surface area (Å²) in [6, 6.07) is 1.82. The summed E-state index contributed by atoms with van der Waals surface area (Å²) in [7, 11) is 1.89. The van der Waals surface area contributed by atoms with Gasteiger partial charge in [0.05, 0.1) is 6.54 Å². The third-order valence-corrected chi connectivity index (χ3v) is 4.77. The standard InChI is InChI=1S/C13H16N4O2S/c1-16-12(14-8-15-16)7-17-4-2-3-10-9(6-17)5-11(20-10)13(18)19/h5,8H,2-4,6-7H2,1H3,(H,18,19). The molecule has 0 unspecified atom stereocenters. The lowest BCUT2D eigenvalue weighted by Crippen LogP contribution is -2.24. The third-order valence-electron chi connectivity index (χ3n) is 3.55. The van der Waals surface area contributed by atoms with Gasteiger partial charge in [0.25, 0.3) is 0 Å². The molecule has 106 valence electrons. The number of carboxylic acid groups (broad SMARTS) is 1. The molecule has 0 bridgehead atoms. The maximum Gasteiger partial charge on any atom is 0.345 e. The van der Waals surface area contributed by atoms with Crippen molar-refractivity contribution in [3.8, 4) is 0 Å². The van der Waals surface area contributed by atoms with Crippen LogP contribution in [0.4, 0.5) is 0 Å². The highest BCUT2D eigenvalue weighted by Gasteiger charge is 2.20. The van der Waals surface area contributed by atoms with Crippen LogP contribution in [0.15, 0.2) is 12.4 Å². The topological polar surface area (TPSA) is 71.2 Å². The first-order chi connectivity index (χ1) is 9.63.